The molecule has 0 spiro atoms. The molecule has 1 aromatic carbocycles. The second-order valence-corrected chi connectivity index (χ2v) is 4.48. The number of nitrogens with one attached hydrogen (secondary N) is 1. The first-order chi connectivity index (χ1) is 9.79. The van der Waals surface area contributed by atoms with Gasteiger partial charge in [-0.15, -0.1) is 0 Å². The number of hydrogen-bond acceptors (Lipinski definition) is 4. The lowest BCUT2D eigenvalue weighted by Gasteiger charge is -2.10. The zero-order valence-corrected chi connectivity index (χ0v) is 11.5. The molecule has 0 radical (unpaired) electrons. The van der Waals surface area contributed by atoms with Gasteiger partial charge in [-0.25, -0.2) is 0 Å². The number of pyridine rings is 1. The Morgan fingerprint density at radius 2 is 1.80 bits per heavy atom. The highest BCUT2D eigenvalue weighted by molar-refractivity contribution is 5.72. The Morgan fingerprint density at radius 1 is 1.10 bits per heavy atom. The number of aromatic nitrogens is 1. The van der Waals surface area contributed by atoms with E-state index in [4.69, 9.17) is 4.74 Å². The number of esters is 1. The van der Waals surface area contributed by atoms with Gasteiger partial charge in [-0.3, -0.25) is 9.78 Å². The summed E-state index contributed by atoms with van der Waals surface area (Å²) in [5, 5.41) is 3.37. The maximum Gasteiger partial charge on any atom is 0.309 e. The van der Waals surface area contributed by atoms with Crippen molar-refractivity contribution < 1.29 is 9.53 Å². The number of rotatable bonds is 6. The van der Waals surface area contributed by atoms with Crippen LogP contribution in [0, 0.1) is 0 Å². The molecule has 4 heteroatoms. The third-order valence-corrected chi connectivity index (χ3v) is 3.07. The predicted molar refractivity (Wildman–Crippen MR) is 76.9 cm³/mol. The first-order valence-corrected chi connectivity index (χ1v) is 6.53. The monoisotopic (exact) mass is 270 g/mol. The van der Waals surface area contributed by atoms with Crippen LogP contribution in [0.3, 0.4) is 0 Å². The third-order valence-electron chi connectivity index (χ3n) is 3.07. The largest absolute Gasteiger partial charge is 0.469 e. The lowest BCUT2D eigenvalue weighted by atomic mass is 10.0. The van der Waals surface area contributed by atoms with Crippen molar-refractivity contribution in [3.63, 3.8) is 0 Å². The van der Waals surface area contributed by atoms with E-state index >= 15 is 0 Å². The van der Waals surface area contributed by atoms with E-state index in [-0.39, 0.29) is 5.97 Å². The maximum absolute atomic E-state index is 11.4. The van der Waals surface area contributed by atoms with Crippen molar-refractivity contribution in [2.45, 2.75) is 19.5 Å². The Balaban J connectivity index is 1.94. The number of benzene rings is 1. The van der Waals surface area contributed by atoms with E-state index in [1.165, 1.54) is 12.7 Å². The van der Waals surface area contributed by atoms with E-state index in [1.54, 1.807) is 12.4 Å². The topological polar surface area (TPSA) is 51.2 Å². The summed E-state index contributed by atoms with van der Waals surface area (Å²) in [4.78, 5) is 15.4. The molecule has 0 aliphatic heterocycles. The van der Waals surface area contributed by atoms with Crippen LogP contribution < -0.4 is 5.32 Å². The van der Waals surface area contributed by atoms with Gasteiger partial charge in [-0.2, -0.15) is 0 Å². The minimum absolute atomic E-state index is 0.216. The molecule has 1 aromatic heterocycles. The Labute approximate surface area is 118 Å². The van der Waals surface area contributed by atoms with Crippen molar-refractivity contribution in [2.24, 2.45) is 0 Å². The highest BCUT2D eigenvalue weighted by Crippen LogP contribution is 2.10. The molecule has 0 saturated carbocycles. The summed E-state index contributed by atoms with van der Waals surface area (Å²) < 4.78 is 4.72. The number of carbonyl (C=O) groups is 1. The molecule has 20 heavy (non-hydrogen) atoms. The van der Waals surface area contributed by atoms with Crippen LogP contribution in [0.5, 0.6) is 0 Å². The molecule has 0 aliphatic carbocycles. The van der Waals surface area contributed by atoms with E-state index in [2.05, 4.69) is 10.3 Å². The lowest BCUT2D eigenvalue weighted by Crippen LogP contribution is -2.15. The molecule has 4 nitrogen and oxygen atoms in total. The average Bonchev–Trinajstić information content (AvgIpc) is 2.50. The summed E-state index contributed by atoms with van der Waals surface area (Å²) in [7, 11) is 1.41. The summed E-state index contributed by atoms with van der Waals surface area (Å²) in [6.07, 6.45) is 3.87. The standard InChI is InChI=1S/C16H18N2O2/c1-20-16(19)10-14-4-2-3-5-15(14)12-18-11-13-6-8-17-9-7-13/h2-9,18H,10-12H2,1H3. The number of nitrogens with zero attached hydrogens (tertiary/aromatic N) is 1. The molecule has 0 aliphatic rings. The van der Waals surface area contributed by atoms with Crippen molar-refractivity contribution in [3.8, 4) is 0 Å². The third kappa shape index (κ3) is 4.17. The Kier molecular flexibility index (Phi) is 5.26. The summed E-state index contributed by atoms with van der Waals surface area (Å²) in [6, 6.07) is 11.9. The van der Waals surface area contributed by atoms with Gasteiger partial charge in [-0.05, 0) is 28.8 Å². The molecule has 2 rings (SSSR count). The Morgan fingerprint density at radius 3 is 2.50 bits per heavy atom. The zero-order chi connectivity index (χ0) is 14.2. The summed E-state index contributed by atoms with van der Waals surface area (Å²) in [6.45, 7) is 1.49. The van der Waals surface area contributed by atoms with Gasteiger partial charge in [-0.1, -0.05) is 24.3 Å². The van der Waals surface area contributed by atoms with Crippen LogP contribution in [0.15, 0.2) is 48.8 Å². The van der Waals surface area contributed by atoms with E-state index in [9.17, 15) is 4.79 Å². The van der Waals surface area contributed by atoms with Crippen LogP contribution >= 0.6 is 0 Å². The molecule has 0 saturated heterocycles. The van der Waals surface area contributed by atoms with Crippen LogP contribution in [0.1, 0.15) is 16.7 Å². The molecule has 104 valence electrons. The van der Waals surface area contributed by atoms with Crippen molar-refractivity contribution in [1.29, 1.82) is 0 Å². The van der Waals surface area contributed by atoms with Gasteiger partial charge in [0.2, 0.25) is 0 Å². The quantitative estimate of drug-likeness (QED) is 0.817. The van der Waals surface area contributed by atoms with Gasteiger partial charge in [0, 0.05) is 25.5 Å². The van der Waals surface area contributed by atoms with E-state index in [0.717, 1.165) is 24.2 Å². The van der Waals surface area contributed by atoms with Gasteiger partial charge < -0.3 is 10.1 Å². The lowest BCUT2D eigenvalue weighted by molar-refractivity contribution is -0.139. The summed E-state index contributed by atoms with van der Waals surface area (Å²) in [5.74, 6) is -0.216. The smallest absolute Gasteiger partial charge is 0.309 e. The number of hydrogen-bond donors (Lipinski definition) is 1. The number of carbonyl (C=O) groups excluding carboxylic acids is 1. The predicted octanol–water partition coefficient (Wildman–Crippen LogP) is 2.09. The Hall–Kier alpha value is -2.20. The molecule has 0 amide bonds. The normalized spacial score (nSPS) is 10.2. The molecule has 0 atom stereocenters. The molecule has 2 aromatic rings. The highest BCUT2D eigenvalue weighted by Gasteiger charge is 2.07. The van der Waals surface area contributed by atoms with Gasteiger partial charge in [0.1, 0.15) is 0 Å². The fraction of sp³-hybridized carbons (Fsp3) is 0.250. The zero-order valence-electron chi connectivity index (χ0n) is 11.5. The van der Waals surface area contributed by atoms with Crippen molar-refractivity contribution in [1.82, 2.24) is 10.3 Å². The van der Waals surface area contributed by atoms with Crippen molar-refractivity contribution in [2.75, 3.05) is 7.11 Å². The fourth-order valence-electron chi connectivity index (χ4n) is 1.97. The second kappa shape index (κ2) is 7.40. The van der Waals surface area contributed by atoms with Gasteiger partial charge in [0.05, 0.1) is 13.5 Å². The van der Waals surface area contributed by atoms with Crippen LogP contribution in [0.4, 0.5) is 0 Å². The summed E-state index contributed by atoms with van der Waals surface area (Å²) in [5.41, 5.74) is 3.30. The molecule has 0 unspecified atom stereocenters. The maximum atomic E-state index is 11.4. The molecular formula is C16H18N2O2. The van der Waals surface area contributed by atoms with Gasteiger partial charge >= 0.3 is 5.97 Å². The molecule has 1 N–H and O–H groups in total. The van der Waals surface area contributed by atoms with Crippen LogP contribution in [0.25, 0.3) is 0 Å². The molecule has 1 heterocycles. The van der Waals surface area contributed by atoms with Gasteiger partial charge in [0.25, 0.3) is 0 Å². The summed E-state index contributed by atoms with van der Waals surface area (Å²) >= 11 is 0. The minimum Gasteiger partial charge on any atom is -0.469 e. The first-order valence-electron chi connectivity index (χ1n) is 6.53. The minimum atomic E-state index is -0.216. The number of methoxy groups -OCH3 is 1. The average molecular weight is 270 g/mol. The van der Waals surface area contributed by atoms with E-state index in [1.807, 2.05) is 36.4 Å². The van der Waals surface area contributed by atoms with Crippen LogP contribution in [-0.2, 0) is 29.0 Å². The first kappa shape index (κ1) is 14.2. The SMILES string of the molecule is COC(=O)Cc1ccccc1CNCc1ccncc1. The molecule has 0 bridgehead atoms. The fourth-order valence-corrected chi connectivity index (χ4v) is 1.97. The van der Waals surface area contributed by atoms with E-state index in [0.29, 0.717) is 6.42 Å². The van der Waals surface area contributed by atoms with Crippen LogP contribution in [0.2, 0.25) is 0 Å². The second-order valence-electron chi connectivity index (χ2n) is 4.48. The van der Waals surface area contributed by atoms with Crippen molar-refractivity contribution in [3.05, 3.63) is 65.5 Å². The highest BCUT2D eigenvalue weighted by atomic mass is 16.5. The number of ether oxygens (including phenoxy) is 1. The Bertz CT molecular complexity index is 555. The van der Waals surface area contributed by atoms with Crippen molar-refractivity contribution >= 4 is 5.97 Å². The molecule has 0 fully saturated rings. The molecular weight excluding hydrogens is 252 g/mol. The van der Waals surface area contributed by atoms with Crippen LogP contribution in [-0.4, -0.2) is 18.1 Å². The van der Waals surface area contributed by atoms with Gasteiger partial charge in [0.15, 0.2) is 0 Å². The van der Waals surface area contributed by atoms with E-state index < -0.39 is 0 Å².